The van der Waals surface area contributed by atoms with Gasteiger partial charge >= 0.3 is 5.97 Å². The number of benzene rings is 2. The van der Waals surface area contributed by atoms with E-state index in [1.807, 2.05) is 0 Å². The summed E-state index contributed by atoms with van der Waals surface area (Å²) in [5.41, 5.74) is -0.142. The predicted molar refractivity (Wildman–Crippen MR) is 87.2 cm³/mol. The van der Waals surface area contributed by atoms with E-state index in [0.29, 0.717) is 11.1 Å². The van der Waals surface area contributed by atoms with Crippen molar-refractivity contribution in [2.45, 2.75) is 6.42 Å². The zero-order valence-corrected chi connectivity index (χ0v) is 13.1. The summed E-state index contributed by atoms with van der Waals surface area (Å²) in [5, 5.41) is 8.90. The van der Waals surface area contributed by atoms with Crippen LogP contribution < -0.4 is 10.2 Å². The highest BCUT2D eigenvalue weighted by Gasteiger charge is 2.14. The number of aromatic nitrogens is 1. The average molecular weight is 345 g/mol. The molecule has 7 heteroatoms. The molecular formula is C18H13F2NO4. The van der Waals surface area contributed by atoms with Crippen LogP contribution in [-0.4, -0.2) is 23.2 Å². The lowest BCUT2D eigenvalue weighted by Crippen LogP contribution is -2.15. The van der Waals surface area contributed by atoms with Crippen LogP contribution in [0.3, 0.4) is 0 Å². The molecule has 0 spiro atoms. The SMILES string of the molecule is COc1ccc(Cc2cc3[nH]cc(C(=O)O)c(=O)c3cc2F)cc1F. The minimum atomic E-state index is -1.39. The van der Waals surface area contributed by atoms with E-state index in [-0.39, 0.29) is 23.1 Å². The van der Waals surface area contributed by atoms with Crippen molar-refractivity contribution in [2.24, 2.45) is 0 Å². The highest BCUT2D eigenvalue weighted by molar-refractivity contribution is 5.92. The molecule has 5 nitrogen and oxygen atoms in total. The molecule has 0 saturated heterocycles. The molecule has 3 aromatic rings. The molecule has 2 aromatic carbocycles. The first kappa shape index (κ1) is 16.6. The van der Waals surface area contributed by atoms with Crippen LogP contribution in [0, 0.1) is 11.6 Å². The largest absolute Gasteiger partial charge is 0.494 e. The van der Waals surface area contributed by atoms with Gasteiger partial charge in [0.25, 0.3) is 0 Å². The van der Waals surface area contributed by atoms with Crippen molar-refractivity contribution >= 4 is 16.9 Å². The van der Waals surface area contributed by atoms with Crippen molar-refractivity contribution < 1.29 is 23.4 Å². The number of hydrogen-bond acceptors (Lipinski definition) is 3. The van der Waals surface area contributed by atoms with Gasteiger partial charge in [0, 0.05) is 23.5 Å². The lowest BCUT2D eigenvalue weighted by atomic mass is 10.0. The van der Waals surface area contributed by atoms with Gasteiger partial charge in [-0.05, 0) is 35.4 Å². The number of rotatable bonds is 4. The number of carboxylic acid groups (broad SMARTS) is 1. The fourth-order valence-corrected chi connectivity index (χ4v) is 2.62. The zero-order chi connectivity index (χ0) is 18.1. The third kappa shape index (κ3) is 3.08. The molecule has 25 heavy (non-hydrogen) atoms. The van der Waals surface area contributed by atoms with Gasteiger partial charge in [0.15, 0.2) is 11.6 Å². The van der Waals surface area contributed by atoms with Crippen molar-refractivity contribution in [3.05, 3.63) is 75.1 Å². The summed E-state index contributed by atoms with van der Waals surface area (Å²) in [6, 6.07) is 6.72. The molecule has 0 radical (unpaired) electrons. The second-order valence-electron chi connectivity index (χ2n) is 5.47. The number of aromatic amines is 1. The monoisotopic (exact) mass is 345 g/mol. The normalized spacial score (nSPS) is 10.8. The second kappa shape index (κ2) is 6.35. The van der Waals surface area contributed by atoms with Crippen LogP contribution in [0.2, 0.25) is 0 Å². The van der Waals surface area contributed by atoms with E-state index in [4.69, 9.17) is 9.84 Å². The number of halogens is 2. The van der Waals surface area contributed by atoms with E-state index < -0.39 is 28.6 Å². The number of H-pyrrole nitrogens is 1. The number of ether oxygens (including phenoxy) is 1. The Hall–Kier alpha value is -3.22. The molecule has 3 rings (SSSR count). The lowest BCUT2D eigenvalue weighted by Gasteiger charge is -2.08. The van der Waals surface area contributed by atoms with Crippen molar-refractivity contribution in [1.29, 1.82) is 0 Å². The minimum absolute atomic E-state index is 0.0536. The fourth-order valence-electron chi connectivity index (χ4n) is 2.62. The lowest BCUT2D eigenvalue weighted by molar-refractivity contribution is 0.0695. The zero-order valence-electron chi connectivity index (χ0n) is 13.1. The van der Waals surface area contributed by atoms with Gasteiger partial charge in [-0.15, -0.1) is 0 Å². The van der Waals surface area contributed by atoms with E-state index in [2.05, 4.69) is 4.98 Å². The van der Waals surface area contributed by atoms with Gasteiger partial charge < -0.3 is 14.8 Å². The van der Waals surface area contributed by atoms with E-state index >= 15 is 0 Å². The molecule has 0 amide bonds. The van der Waals surface area contributed by atoms with Gasteiger partial charge in [-0.2, -0.15) is 0 Å². The van der Waals surface area contributed by atoms with E-state index in [9.17, 15) is 18.4 Å². The number of aromatic carboxylic acids is 1. The first-order chi connectivity index (χ1) is 11.9. The summed E-state index contributed by atoms with van der Waals surface area (Å²) in [6.45, 7) is 0. The van der Waals surface area contributed by atoms with Gasteiger partial charge in [-0.3, -0.25) is 4.79 Å². The van der Waals surface area contributed by atoms with E-state index in [1.165, 1.54) is 25.3 Å². The maximum Gasteiger partial charge on any atom is 0.341 e. The molecule has 0 fully saturated rings. The molecule has 0 aliphatic carbocycles. The van der Waals surface area contributed by atoms with Gasteiger partial charge in [0.1, 0.15) is 11.4 Å². The fraction of sp³-hybridized carbons (Fsp3) is 0.111. The van der Waals surface area contributed by atoms with Crippen molar-refractivity contribution in [1.82, 2.24) is 4.98 Å². The molecule has 0 aliphatic heterocycles. The van der Waals surface area contributed by atoms with Crippen LogP contribution in [0.1, 0.15) is 21.5 Å². The number of nitrogens with one attached hydrogen (secondary N) is 1. The molecule has 1 heterocycles. The van der Waals surface area contributed by atoms with Crippen molar-refractivity contribution in [2.75, 3.05) is 7.11 Å². The van der Waals surface area contributed by atoms with Crippen molar-refractivity contribution in [3.8, 4) is 5.75 Å². The number of carboxylic acids is 1. The minimum Gasteiger partial charge on any atom is -0.494 e. The maximum atomic E-state index is 14.3. The van der Waals surface area contributed by atoms with Crippen LogP contribution >= 0.6 is 0 Å². The van der Waals surface area contributed by atoms with Crippen molar-refractivity contribution in [3.63, 3.8) is 0 Å². The Kier molecular flexibility index (Phi) is 4.22. The molecule has 0 saturated carbocycles. The predicted octanol–water partition coefficient (Wildman–Crippen LogP) is 3.10. The smallest absolute Gasteiger partial charge is 0.341 e. The van der Waals surface area contributed by atoms with E-state index in [1.54, 1.807) is 6.07 Å². The van der Waals surface area contributed by atoms with Gasteiger partial charge in [0.2, 0.25) is 5.43 Å². The Morgan fingerprint density at radius 2 is 1.96 bits per heavy atom. The standard InChI is InChI=1S/C18H13F2NO4/c1-25-16-3-2-9(5-14(16)20)4-10-6-15-11(7-13(10)19)17(22)12(8-21-15)18(23)24/h2-3,5-8H,4H2,1H3,(H,21,22)(H,23,24). The third-order valence-electron chi connectivity index (χ3n) is 3.89. The summed E-state index contributed by atoms with van der Waals surface area (Å²) in [5.74, 6) is -2.52. The molecule has 0 unspecified atom stereocenters. The van der Waals surface area contributed by atoms with Gasteiger partial charge in [-0.25, -0.2) is 13.6 Å². The van der Waals surface area contributed by atoms with E-state index in [0.717, 1.165) is 12.3 Å². The summed E-state index contributed by atoms with van der Waals surface area (Å²) < 4.78 is 32.9. The Morgan fingerprint density at radius 3 is 2.60 bits per heavy atom. The summed E-state index contributed by atoms with van der Waals surface area (Å²) in [6.07, 6.45) is 1.17. The number of carbonyl (C=O) groups is 1. The molecule has 0 aliphatic rings. The van der Waals surface area contributed by atoms with Crippen LogP contribution in [0.15, 0.2) is 41.3 Å². The molecular weight excluding hydrogens is 332 g/mol. The molecule has 2 N–H and O–H groups in total. The highest BCUT2D eigenvalue weighted by Crippen LogP contribution is 2.22. The first-order valence-electron chi connectivity index (χ1n) is 7.30. The van der Waals surface area contributed by atoms with Gasteiger partial charge in [-0.1, -0.05) is 6.07 Å². The Bertz CT molecular complexity index is 1040. The number of fused-ring (bicyclic) bond motifs is 1. The molecule has 1 aromatic heterocycles. The Balaban J connectivity index is 2.04. The van der Waals surface area contributed by atoms with Crippen LogP contribution in [0.5, 0.6) is 5.75 Å². The Morgan fingerprint density at radius 1 is 1.20 bits per heavy atom. The summed E-state index contributed by atoms with van der Waals surface area (Å²) in [4.78, 5) is 25.7. The topological polar surface area (TPSA) is 79.4 Å². The maximum absolute atomic E-state index is 14.3. The third-order valence-corrected chi connectivity index (χ3v) is 3.89. The first-order valence-corrected chi connectivity index (χ1v) is 7.30. The average Bonchev–Trinajstić information content (AvgIpc) is 2.56. The second-order valence-corrected chi connectivity index (χ2v) is 5.47. The number of hydrogen-bond donors (Lipinski definition) is 2. The quantitative estimate of drug-likeness (QED) is 0.761. The molecule has 128 valence electrons. The number of pyridine rings is 1. The molecule has 0 atom stereocenters. The Labute approximate surface area is 140 Å². The van der Waals surface area contributed by atoms with Crippen LogP contribution in [-0.2, 0) is 6.42 Å². The van der Waals surface area contributed by atoms with Gasteiger partial charge in [0.05, 0.1) is 7.11 Å². The summed E-state index contributed by atoms with van der Waals surface area (Å²) in [7, 11) is 1.35. The van der Waals surface area contributed by atoms with Crippen LogP contribution in [0.25, 0.3) is 10.9 Å². The molecule has 0 bridgehead atoms. The number of methoxy groups -OCH3 is 1. The highest BCUT2D eigenvalue weighted by atomic mass is 19.1. The summed E-state index contributed by atoms with van der Waals surface area (Å²) >= 11 is 0. The van der Waals surface area contributed by atoms with Crippen LogP contribution in [0.4, 0.5) is 8.78 Å².